The molecule has 0 aliphatic heterocycles. The zero-order valence-electron chi connectivity index (χ0n) is 10.5. The van der Waals surface area contributed by atoms with Gasteiger partial charge in [0, 0.05) is 4.90 Å². The third-order valence-electron chi connectivity index (χ3n) is 2.58. The third kappa shape index (κ3) is 3.46. The number of rotatable bonds is 4. The molecule has 0 spiro atoms. The fourth-order valence-electron chi connectivity index (χ4n) is 1.59. The fourth-order valence-corrected chi connectivity index (χ4v) is 2.24. The van der Waals surface area contributed by atoms with Crippen molar-refractivity contribution in [3.63, 3.8) is 0 Å². The number of hydrogen-bond donors (Lipinski definition) is 0. The molecule has 0 aromatic heterocycles. The lowest BCUT2D eigenvalue weighted by molar-refractivity contribution is -0.139. The molecule has 0 N–H and O–H groups in total. The first kappa shape index (κ1) is 14.0. The Kier molecular flexibility index (Phi) is 5.00. The Morgan fingerprint density at radius 3 is 2.59 bits per heavy atom. The number of halogens is 1. The third-order valence-corrected chi connectivity index (χ3v) is 3.44. The second kappa shape index (κ2) is 6.05. The van der Waals surface area contributed by atoms with Gasteiger partial charge in [-0.3, -0.25) is 4.79 Å². The van der Waals surface area contributed by atoms with Crippen molar-refractivity contribution >= 4 is 17.7 Å². The Morgan fingerprint density at radius 2 is 2.12 bits per heavy atom. The molecule has 0 heterocycles. The molecule has 0 bridgehead atoms. The summed E-state index contributed by atoms with van der Waals surface area (Å²) in [5.41, 5.74) is 1.60. The Bertz CT molecular complexity index is 416. The number of hydrogen-bond acceptors (Lipinski definition) is 3. The lowest BCUT2D eigenvalue weighted by Gasteiger charge is -2.12. The van der Waals surface area contributed by atoms with Crippen molar-refractivity contribution in [1.82, 2.24) is 0 Å². The van der Waals surface area contributed by atoms with Crippen LogP contribution in [0.5, 0.6) is 0 Å². The van der Waals surface area contributed by atoms with Gasteiger partial charge >= 0.3 is 5.97 Å². The Labute approximate surface area is 106 Å². The van der Waals surface area contributed by atoms with Crippen molar-refractivity contribution < 1.29 is 13.9 Å². The second-order valence-corrected chi connectivity index (χ2v) is 4.92. The highest BCUT2D eigenvalue weighted by Crippen LogP contribution is 2.29. The van der Waals surface area contributed by atoms with Crippen LogP contribution in [0.25, 0.3) is 0 Å². The molecule has 0 unspecified atom stereocenters. The first-order valence-electron chi connectivity index (χ1n) is 5.42. The second-order valence-electron chi connectivity index (χ2n) is 4.10. The van der Waals surface area contributed by atoms with Crippen LogP contribution in [0.15, 0.2) is 17.0 Å². The first-order valence-corrected chi connectivity index (χ1v) is 6.65. The Hall–Kier alpha value is -1.03. The van der Waals surface area contributed by atoms with Crippen LogP contribution in [-0.4, -0.2) is 19.3 Å². The summed E-state index contributed by atoms with van der Waals surface area (Å²) in [7, 11) is 1.34. The monoisotopic (exact) mass is 256 g/mol. The van der Waals surface area contributed by atoms with Gasteiger partial charge in [-0.05, 0) is 29.4 Å². The van der Waals surface area contributed by atoms with Gasteiger partial charge in [-0.2, -0.15) is 0 Å². The van der Waals surface area contributed by atoms with Gasteiger partial charge in [0.05, 0.1) is 13.5 Å². The van der Waals surface area contributed by atoms with Crippen molar-refractivity contribution in [2.45, 2.75) is 31.1 Å². The average Bonchev–Trinajstić information content (AvgIpc) is 2.28. The minimum atomic E-state index is -0.347. The molecule has 0 saturated heterocycles. The van der Waals surface area contributed by atoms with Gasteiger partial charge in [-0.25, -0.2) is 4.39 Å². The molecule has 0 aliphatic carbocycles. The fraction of sp³-hybridized carbons (Fsp3) is 0.462. The van der Waals surface area contributed by atoms with Crippen molar-refractivity contribution in [2.24, 2.45) is 0 Å². The number of carbonyl (C=O) groups excluding carboxylic acids is 1. The molecule has 4 heteroatoms. The predicted molar refractivity (Wildman–Crippen MR) is 68.0 cm³/mol. The zero-order chi connectivity index (χ0) is 13.0. The molecule has 94 valence electrons. The van der Waals surface area contributed by atoms with E-state index in [1.807, 2.05) is 19.9 Å². The summed E-state index contributed by atoms with van der Waals surface area (Å²) in [5, 5.41) is 0. The molecule has 1 rings (SSSR count). The number of thioether (sulfide) groups is 1. The van der Waals surface area contributed by atoms with Crippen molar-refractivity contribution in [3.05, 3.63) is 29.1 Å². The van der Waals surface area contributed by atoms with Crippen LogP contribution in [0.2, 0.25) is 0 Å². The van der Waals surface area contributed by atoms with Crippen LogP contribution in [0.3, 0.4) is 0 Å². The highest BCUT2D eigenvalue weighted by atomic mass is 32.2. The van der Waals surface area contributed by atoms with E-state index < -0.39 is 0 Å². The molecule has 0 fully saturated rings. The maximum atomic E-state index is 13.9. The average molecular weight is 256 g/mol. The van der Waals surface area contributed by atoms with E-state index in [-0.39, 0.29) is 24.1 Å². The van der Waals surface area contributed by atoms with Crippen LogP contribution in [0, 0.1) is 5.82 Å². The molecule has 0 amide bonds. The standard InChI is InChI=1S/C13H17FO2S/c1-8(2)9-5-10(7-12(15)16-3)13(17-4)11(14)6-9/h5-6,8H,7H2,1-4H3. The largest absolute Gasteiger partial charge is 0.469 e. The summed E-state index contributed by atoms with van der Waals surface area (Å²) in [4.78, 5) is 11.8. The van der Waals surface area contributed by atoms with Gasteiger partial charge in [0.1, 0.15) is 5.82 Å². The van der Waals surface area contributed by atoms with Crippen LogP contribution < -0.4 is 0 Å². The molecule has 1 aromatic rings. The molecule has 2 nitrogen and oxygen atoms in total. The molecule has 0 saturated carbocycles. The van der Waals surface area contributed by atoms with Crippen LogP contribution in [0.4, 0.5) is 4.39 Å². The van der Waals surface area contributed by atoms with E-state index in [1.54, 1.807) is 6.26 Å². The minimum Gasteiger partial charge on any atom is -0.469 e. The summed E-state index contributed by atoms with van der Waals surface area (Å²) < 4.78 is 18.5. The molecule has 0 radical (unpaired) electrons. The van der Waals surface area contributed by atoms with Gasteiger partial charge in [0.2, 0.25) is 0 Å². The molecule has 0 aliphatic rings. The van der Waals surface area contributed by atoms with Crippen molar-refractivity contribution in [3.8, 4) is 0 Å². The normalized spacial score (nSPS) is 10.7. The van der Waals surface area contributed by atoms with E-state index in [4.69, 9.17) is 0 Å². The van der Waals surface area contributed by atoms with Gasteiger partial charge < -0.3 is 4.74 Å². The predicted octanol–water partition coefficient (Wildman–Crippen LogP) is 3.39. The smallest absolute Gasteiger partial charge is 0.310 e. The van der Waals surface area contributed by atoms with Crippen LogP contribution in [-0.2, 0) is 16.0 Å². The lowest BCUT2D eigenvalue weighted by atomic mass is 9.99. The maximum Gasteiger partial charge on any atom is 0.310 e. The molecule has 0 atom stereocenters. The molecular weight excluding hydrogens is 239 g/mol. The number of esters is 1. The molecule has 17 heavy (non-hydrogen) atoms. The van der Waals surface area contributed by atoms with Crippen molar-refractivity contribution in [2.75, 3.05) is 13.4 Å². The Balaban J connectivity index is 3.19. The Morgan fingerprint density at radius 1 is 1.47 bits per heavy atom. The summed E-state index contributed by atoms with van der Waals surface area (Å²) in [5.74, 6) is -0.375. The van der Waals surface area contributed by atoms with E-state index in [1.165, 1.54) is 24.9 Å². The number of methoxy groups -OCH3 is 1. The summed E-state index contributed by atoms with van der Waals surface area (Å²) >= 11 is 1.31. The topological polar surface area (TPSA) is 26.3 Å². The van der Waals surface area contributed by atoms with Gasteiger partial charge in [-0.15, -0.1) is 11.8 Å². The van der Waals surface area contributed by atoms with E-state index >= 15 is 0 Å². The van der Waals surface area contributed by atoms with Crippen molar-refractivity contribution in [1.29, 1.82) is 0 Å². The number of carbonyl (C=O) groups is 1. The lowest BCUT2D eigenvalue weighted by Crippen LogP contribution is -2.07. The van der Waals surface area contributed by atoms with Gasteiger partial charge in [0.25, 0.3) is 0 Å². The molecular formula is C13H17FO2S. The quantitative estimate of drug-likeness (QED) is 0.610. The van der Waals surface area contributed by atoms with Gasteiger partial charge in [-0.1, -0.05) is 19.9 Å². The van der Waals surface area contributed by atoms with E-state index in [0.29, 0.717) is 10.5 Å². The summed E-state index contributed by atoms with van der Waals surface area (Å²) in [6.45, 7) is 3.99. The van der Waals surface area contributed by atoms with E-state index in [0.717, 1.165) is 5.56 Å². The minimum absolute atomic E-state index is 0.115. The highest BCUT2D eigenvalue weighted by molar-refractivity contribution is 7.98. The summed E-state index contributed by atoms with van der Waals surface area (Å²) in [6.07, 6.45) is 1.92. The summed E-state index contributed by atoms with van der Waals surface area (Å²) in [6, 6.07) is 3.42. The first-order chi connectivity index (χ1) is 7.99. The zero-order valence-corrected chi connectivity index (χ0v) is 11.4. The van der Waals surface area contributed by atoms with Crippen LogP contribution >= 0.6 is 11.8 Å². The SMILES string of the molecule is COC(=O)Cc1cc(C(C)C)cc(F)c1SC. The maximum absolute atomic E-state index is 13.9. The number of ether oxygens (including phenoxy) is 1. The number of benzene rings is 1. The highest BCUT2D eigenvalue weighted by Gasteiger charge is 2.14. The molecule has 1 aromatic carbocycles. The van der Waals surface area contributed by atoms with Gasteiger partial charge in [0.15, 0.2) is 0 Å². The van der Waals surface area contributed by atoms with E-state index in [2.05, 4.69) is 4.74 Å². The van der Waals surface area contributed by atoms with Crippen LogP contribution in [0.1, 0.15) is 30.9 Å². The van der Waals surface area contributed by atoms with E-state index in [9.17, 15) is 9.18 Å².